The van der Waals surface area contributed by atoms with E-state index in [0.717, 1.165) is 25.8 Å². The van der Waals surface area contributed by atoms with E-state index in [0.29, 0.717) is 12.2 Å². The van der Waals surface area contributed by atoms with Crippen molar-refractivity contribution < 1.29 is 9.53 Å². The number of hydrogen-bond acceptors (Lipinski definition) is 5. The zero-order chi connectivity index (χ0) is 14.2. The lowest BCUT2D eigenvalue weighted by Crippen LogP contribution is -2.09. The van der Waals surface area contributed by atoms with E-state index < -0.39 is 0 Å². The molecule has 0 amide bonds. The number of aromatic nitrogens is 3. The van der Waals surface area contributed by atoms with Crippen LogP contribution in [-0.4, -0.2) is 20.7 Å². The molecule has 5 nitrogen and oxygen atoms in total. The van der Waals surface area contributed by atoms with E-state index in [1.807, 2.05) is 16.0 Å². The highest BCUT2D eigenvalue weighted by molar-refractivity contribution is 7.09. The molecule has 0 saturated carbocycles. The molecule has 0 aliphatic rings. The van der Waals surface area contributed by atoms with Crippen molar-refractivity contribution in [1.29, 1.82) is 0 Å². The number of carbonyl (C=O) groups excluding carboxylic acids is 1. The van der Waals surface area contributed by atoms with Gasteiger partial charge in [0.1, 0.15) is 6.33 Å². The average Bonchev–Trinajstić information content (AvgIpc) is 3.08. The number of ether oxygens (including phenoxy) is 1. The molecule has 6 heteroatoms. The minimum Gasteiger partial charge on any atom is -0.457 e. The van der Waals surface area contributed by atoms with Gasteiger partial charge in [0.15, 0.2) is 12.4 Å². The fourth-order valence-corrected chi connectivity index (χ4v) is 2.65. The second-order valence-electron chi connectivity index (χ2n) is 4.53. The van der Waals surface area contributed by atoms with Crippen molar-refractivity contribution in [1.82, 2.24) is 14.8 Å². The van der Waals surface area contributed by atoms with Gasteiger partial charge in [-0.1, -0.05) is 13.0 Å². The minimum atomic E-state index is -0.174. The number of carbonyl (C=O) groups is 1. The first-order chi connectivity index (χ1) is 9.79. The van der Waals surface area contributed by atoms with Crippen LogP contribution in [0.5, 0.6) is 0 Å². The van der Waals surface area contributed by atoms with Crippen molar-refractivity contribution in [3.05, 3.63) is 34.5 Å². The van der Waals surface area contributed by atoms with Crippen molar-refractivity contribution in [2.24, 2.45) is 0 Å². The number of aryl methyl sites for hydroxylation is 2. The third kappa shape index (κ3) is 4.45. The monoisotopic (exact) mass is 293 g/mol. The molecule has 0 aliphatic heterocycles. The molecule has 0 aliphatic carbocycles. The van der Waals surface area contributed by atoms with Gasteiger partial charge in [-0.25, -0.2) is 0 Å². The van der Waals surface area contributed by atoms with Gasteiger partial charge < -0.3 is 9.30 Å². The van der Waals surface area contributed by atoms with Gasteiger partial charge >= 0.3 is 5.97 Å². The van der Waals surface area contributed by atoms with Crippen LogP contribution >= 0.6 is 11.3 Å². The van der Waals surface area contributed by atoms with Gasteiger partial charge in [-0.3, -0.25) is 4.79 Å². The van der Waals surface area contributed by atoms with Crippen LogP contribution in [-0.2, 0) is 29.1 Å². The SMILES string of the molecule is CCCn1cnnc1COC(=O)CCCc1cccs1. The Hall–Kier alpha value is -1.69. The lowest BCUT2D eigenvalue weighted by atomic mass is 10.2. The van der Waals surface area contributed by atoms with Crippen LogP contribution < -0.4 is 0 Å². The predicted octanol–water partition coefficient (Wildman–Crippen LogP) is 2.82. The summed E-state index contributed by atoms with van der Waals surface area (Å²) in [7, 11) is 0. The van der Waals surface area contributed by atoms with Crippen LogP contribution in [0.25, 0.3) is 0 Å². The van der Waals surface area contributed by atoms with Crippen LogP contribution in [0.4, 0.5) is 0 Å². The fraction of sp³-hybridized carbons (Fsp3) is 0.500. The Morgan fingerprint density at radius 1 is 1.50 bits per heavy atom. The molecule has 2 aromatic rings. The second kappa shape index (κ2) is 7.79. The van der Waals surface area contributed by atoms with Gasteiger partial charge in [-0.05, 0) is 30.7 Å². The summed E-state index contributed by atoms with van der Waals surface area (Å²) in [5.41, 5.74) is 0. The van der Waals surface area contributed by atoms with Gasteiger partial charge in [0.2, 0.25) is 0 Å². The molecular weight excluding hydrogens is 274 g/mol. The molecular formula is C14H19N3O2S. The maximum atomic E-state index is 11.7. The summed E-state index contributed by atoms with van der Waals surface area (Å²) in [6.45, 7) is 3.14. The predicted molar refractivity (Wildman–Crippen MR) is 77.4 cm³/mol. The standard InChI is InChI=1S/C14H19N3O2S/c1-2-8-17-11-15-16-13(17)10-19-14(18)7-3-5-12-6-4-9-20-12/h4,6,9,11H,2-3,5,7-8,10H2,1H3. The summed E-state index contributed by atoms with van der Waals surface area (Å²) < 4.78 is 7.15. The van der Waals surface area contributed by atoms with E-state index in [1.54, 1.807) is 17.7 Å². The zero-order valence-corrected chi connectivity index (χ0v) is 12.4. The van der Waals surface area contributed by atoms with Gasteiger partial charge in [0.25, 0.3) is 0 Å². The fourth-order valence-electron chi connectivity index (χ4n) is 1.90. The van der Waals surface area contributed by atoms with Crippen LogP contribution in [0.3, 0.4) is 0 Å². The molecule has 0 fully saturated rings. The quantitative estimate of drug-likeness (QED) is 0.702. The summed E-state index contributed by atoms with van der Waals surface area (Å²) in [5, 5.41) is 9.85. The molecule has 0 N–H and O–H groups in total. The van der Waals surface area contributed by atoms with Crippen LogP contribution in [0.2, 0.25) is 0 Å². The summed E-state index contributed by atoms with van der Waals surface area (Å²) in [6, 6.07) is 4.11. The zero-order valence-electron chi connectivity index (χ0n) is 11.6. The smallest absolute Gasteiger partial charge is 0.306 e. The number of nitrogens with zero attached hydrogens (tertiary/aromatic N) is 3. The van der Waals surface area contributed by atoms with Gasteiger partial charge in [0.05, 0.1) is 0 Å². The van der Waals surface area contributed by atoms with Crippen molar-refractivity contribution >= 4 is 17.3 Å². The normalized spacial score (nSPS) is 10.7. The Balaban J connectivity index is 1.68. The molecule has 0 saturated heterocycles. The second-order valence-corrected chi connectivity index (χ2v) is 5.57. The van der Waals surface area contributed by atoms with Gasteiger partial charge in [-0.2, -0.15) is 0 Å². The highest BCUT2D eigenvalue weighted by Crippen LogP contribution is 2.12. The summed E-state index contributed by atoms with van der Waals surface area (Å²) >= 11 is 1.72. The van der Waals surface area contributed by atoms with Crippen LogP contribution in [0.15, 0.2) is 23.8 Å². The Morgan fingerprint density at radius 3 is 3.15 bits per heavy atom. The third-order valence-corrected chi connectivity index (χ3v) is 3.84. The number of rotatable bonds is 8. The summed E-state index contributed by atoms with van der Waals surface area (Å²) in [5.74, 6) is 0.533. The first kappa shape index (κ1) is 14.7. The Morgan fingerprint density at radius 2 is 2.40 bits per heavy atom. The molecule has 0 bridgehead atoms. The average molecular weight is 293 g/mol. The molecule has 0 radical (unpaired) electrons. The van der Waals surface area contributed by atoms with E-state index in [2.05, 4.69) is 23.2 Å². The van der Waals surface area contributed by atoms with E-state index in [1.165, 1.54) is 4.88 Å². The minimum absolute atomic E-state index is 0.174. The van der Waals surface area contributed by atoms with E-state index in [-0.39, 0.29) is 12.6 Å². The highest BCUT2D eigenvalue weighted by Gasteiger charge is 2.08. The maximum Gasteiger partial charge on any atom is 0.306 e. The van der Waals surface area contributed by atoms with Crippen molar-refractivity contribution in [3.8, 4) is 0 Å². The number of thiophene rings is 1. The molecule has 108 valence electrons. The molecule has 0 unspecified atom stereocenters. The topological polar surface area (TPSA) is 57.0 Å². The summed E-state index contributed by atoms with van der Waals surface area (Å²) in [4.78, 5) is 13.0. The van der Waals surface area contributed by atoms with E-state index >= 15 is 0 Å². The molecule has 0 atom stereocenters. The van der Waals surface area contributed by atoms with E-state index in [9.17, 15) is 4.79 Å². The van der Waals surface area contributed by atoms with Crippen molar-refractivity contribution in [2.45, 2.75) is 45.8 Å². The third-order valence-electron chi connectivity index (χ3n) is 2.91. The molecule has 0 aromatic carbocycles. The number of esters is 1. The largest absolute Gasteiger partial charge is 0.457 e. The molecule has 2 aromatic heterocycles. The first-order valence-corrected chi connectivity index (χ1v) is 7.72. The summed E-state index contributed by atoms with van der Waals surface area (Å²) in [6.07, 6.45) is 4.86. The Kier molecular flexibility index (Phi) is 5.73. The molecule has 20 heavy (non-hydrogen) atoms. The number of hydrogen-bond donors (Lipinski definition) is 0. The van der Waals surface area contributed by atoms with Crippen molar-refractivity contribution in [3.63, 3.8) is 0 Å². The Bertz CT molecular complexity index is 522. The van der Waals surface area contributed by atoms with Gasteiger partial charge in [0, 0.05) is 17.8 Å². The molecule has 2 rings (SSSR count). The molecule has 0 spiro atoms. The lowest BCUT2D eigenvalue weighted by molar-refractivity contribution is -0.145. The first-order valence-electron chi connectivity index (χ1n) is 6.84. The lowest BCUT2D eigenvalue weighted by Gasteiger charge is -2.06. The highest BCUT2D eigenvalue weighted by atomic mass is 32.1. The Labute approximate surface area is 122 Å². The molecule has 2 heterocycles. The van der Waals surface area contributed by atoms with Gasteiger partial charge in [-0.15, -0.1) is 21.5 Å². The van der Waals surface area contributed by atoms with Crippen LogP contribution in [0.1, 0.15) is 36.9 Å². The maximum absolute atomic E-state index is 11.7. The van der Waals surface area contributed by atoms with Crippen molar-refractivity contribution in [2.75, 3.05) is 0 Å². The van der Waals surface area contributed by atoms with Crippen LogP contribution in [0, 0.1) is 0 Å². The van der Waals surface area contributed by atoms with E-state index in [4.69, 9.17) is 4.74 Å².